The van der Waals surface area contributed by atoms with Crippen LogP contribution in [0.1, 0.15) is 232 Å². The molecule has 0 aromatic carbocycles. The van der Waals surface area contributed by atoms with Crippen LogP contribution in [0, 0.1) is 0 Å². The van der Waals surface area contributed by atoms with E-state index in [1.165, 1.54) is 109 Å². The van der Waals surface area contributed by atoms with Crippen molar-refractivity contribution in [1.29, 1.82) is 0 Å². The Morgan fingerprint density at radius 3 is 1.23 bits per heavy atom. The largest absolute Gasteiger partial charge is 0.545 e. The summed E-state index contributed by atoms with van der Waals surface area (Å²) in [6, 6.07) is 0. The first-order valence-electron chi connectivity index (χ1n) is 28.1. The molecule has 2 atom stereocenters. The minimum absolute atomic E-state index is 0.142. The zero-order valence-corrected chi connectivity index (χ0v) is 45.2. The minimum atomic E-state index is -1.63. The van der Waals surface area contributed by atoms with E-state index in [4.69, 9.17) is 18.9 Å². The summed E-state index contributed by atoms with van der Waals surface area (Å²) in [5.74, 6) is -2.30. The summed E-state index contributed by atoms with van der Waals surface area (Å²) < 4.78 is 22.7. The fourth-order valence-electron chi connectivity index (χ4n) is 7.62. The molecule has 69 heavy (non-hydrogen) atoms. The van der Waals surface area contributed by atoms with Crippen molar-refractivity contribution < 1.29 is 42.9 Å². The van der Waals surface area contributed by atoms with Crippen LogP contribution in [0.2, 0.25) is 0 Å². The van der Waals surface area contributed by atoms with Crippen molar-refractivity contribution in [3.8, 4) is 0 Å². The zero-order chi connectivity index (χ0) is 50.6. The van der Waals surface area contributed by atoms with Crippen LogP contribution in [0.3, 0.4) is 0 Å². The van der Waals surface area contributed by atoms with Crippen LogP contribution in [0.25, 0.3) is 0 Å². The summed E-state index contributed by atoms with van der Waals surface area (Å²) in [5, 5.41) is 11.8. The molecule has 0 aromatic heterocycles. The highest BCUT2D eigenvalue weighted by atomic mass is 16.7. The van der Waals surface area contributed by atoms with E-state index in [0.717, 1.165) is 89.9 Å². The monoisotopic (exact) mass is 968 g/mol. The van der Waals surface area contributed by atoms with Crippen LogP contribution < -0.4 is 5.11 Å². The molecule has 0 saturated heterocycles. The van der Waals surface area contributed by atoms with Crippen LogP contribution in [0.15, 0.2) is 72.9 Å². The average molecular weight is 968 g/mol. The molecule has 0 amide bonds. The molecule has 9 heteroatoms. The molecule has 0 aliphatic rings. The van der Waals surface area contributed by atoms with Gasteiger partial charge in [0.15, 0.2) is 12.4 Å². The number of unbranched alkanes of at least 4 members (excludes halogenated alkanes) is 24. The van der Waals surface area contributed by atoms with Gasteiger partial charge < -0.3 is 33.3 Å². The lowest BCUT2D eigenvalue weighted by Gasteiger charge is -2.26. The van der Waals surface area contributed by atoms with E-state index in [0.29, 0.717) is 17.4 Å². The predicted octanol–water partition coefficient (Wildman–Crippen LogP) is 14.9. The van der Waals surface area contributed by atoms with E-state index < -0.39 is 24.3 Å². The molecule has 0 rings (SSSR count). The molecule has 0 N–H and O–H groups in total. The predicted molar refractivity (Wildman–Crippen MR) is 288 cm³/mol. The molecule has 0 saturated carbocycles. The van der Waals surface area contributed by atoms with Gasteiger partial charge in [0.05, 0.1) is 40.3 Å². The SMILES string of the molecule is CC/C=C\C/C=C\C/C=C\C/C=C\CCCCCCCCC(=O)OC(COC(=O)CCCCCCCCCCCCCCC/C=C\C/C=C\CCCCCCC)COC(OCC[N+](C)(C)C)C(=O)[O-]. The second-order valence-electron chi connectivity index (χ2n) is 19.8. The highest BCUT2D eigenvalue weighted by Crippen LogP contribution is 2.15. The van der Waals surface area contributed by atoms with Gasteiger partial charge in [0.1, 0.15) is 13.2 Å². The maximum atomic E-state index is 12.8. The van der Waals surface area contributed by atoms with Gasteiger partial charge in [-0.2, -0.15) is 0 Å². The van der Waals surface area contributed by atoms with Gasteiger partial charge in [-0.1, -0.05) is 209 Å². The quantitative estimate of drug-likeness (QED) is 0.0195. The number of likely N-dealkylation sites (N-methyl/N-ethyl adjacent to an activating group) is 1. The average Bonchev–Trinajstić information content (AvgIpc) is 3.31. The number of esters is 2. The van der Waals surface area contributed by atoms with E-state index >= 15 is 0 Å². The lowest BCUT2D eigenvalue weighted by atomic mass is 10.0. The molecule has 0 bridgehead atoms. The smallest absolute Gasteiger partial charge is 0.306 e. The van der Waals surface area contributed by atoms with Crippen molar-refractivity contribution in [1.82, 2.24) is 0 Å². The van der Waals surface area contributed by atoms with Gasteiger partial charge in [0.2, 0.25) is 0 Å². The van der Waals surface area contributed by atoms with Crippen molar-refractivity contribution in [3.63, 3.8) is 0 Å². The van der Waals surface area contributed by atoms with E-state index in [1.807, 2.05) is 21.1 Å². The molecule has 0 fully saturated rings. The highest BCUT2D eigenvalue weighted by molar-refractivity contribution is 5.70. The third-order valence-corrected chi connectivity index (χ3v) is 11.9. The number of hydrogen-bond donors (Lipinski definition) is 0. The molecule has 0 aromatic rings. The molecule has 2 unspecified atom stereocenters. The molecule has 0 aliphatic carbocycles. The van der Waals surface area contributed by atoms with Crippen LogP contribution in [-0.2, 0) is 33.3 Å². The number of aliphatic carboxylic acids is 1. The van der Waals surface area contributed by atoms with Crippen LogP contribution >= 0.6 is 0 Å². The van der Waals surface area contributed by atoms with E-state index in [-0.39, 0.29) is 38.6 Å². The van der Waals surface area contributed by atoms with Crippen molar-refractivity contribution in [2.24, 2.45) is 0 Å². The topological polar surface area (TPSA) is 111 Å². The Balaban J connectivity index is 4.27. The third-order valence-electron chi connectivity index (χ3n) is 11.9. The Hall–Kier alpha value is -3.27. The number of allylic oxidation sites excluding steroid dienone is 12. The van der Waals surface area contributed by atoms with Gasteiger partial charge in [-0.05, 0) is 83.5 Å². The molecular formula is C60H105NO8. The van der Waals surface area contributed by atoms with Gasteiger partial charge in [-0.15, -0.1) is 0 Å². The van der Waals surface area contributed by atoms with Crippen molar-refractivity contribution in [2.75, 3.05) is 47.5 Å². The second kappa shape index (κ2) is 51.1. The Morgan fingerprint density at radius 2 is 0.826 bits per heavy atom. The number of carboxylic acids is 1. The number of hydrogen-bond acceptors (Lipinski definition) is 8. The van der Waals surface area contributed by atoms with Gasteiger partial charge in [0, 0.05) is 12.8 Å². The Bertz CT molecular complexity index is 1360. The summed E-state index contributed by atoms with van der Waals surface area (Å²) in [6.45, 7) is 4.61. The van der Waals surface area contributed by atoms with Crippen LogP contribution in [0.4, 0.5) is 0 Å². The molecule has 0 aliphatic heterocycles. The molecule has 398 valence electrons. The van der Waals surface area contributed by atoms with Gasteiger partial charge in [-0.3, -0.25) is 9.59 Å². The first-order valence-corrected chi connectivity index (χ1v) is 28.1. The Labute approximate surface area is 424 Å². The van der Waals surface area contributed by atoms with Crippen LogP contribution in [0.5, 0.6) is 0 Å². The summed E-state index contributed by atoms with van der Waals surface area (Å²) in [5.41, 5.74) is 0. The minimum Gasteiger partial charge on any atom is -0.545 e. The standard InChI is InChI=1S/C60H105NO8/c1-6-8-10-12-14-16-18-20-22-24-26-27-28-29-30-31-33-34-36-38-40-42-44-46-48-50-57(62)67-54-56(55-68-60(59(64)65)66-53-52-61(3,4)5)69-58(63)51-49-47-45-43-41-39-37-35-32-25-23-21-19-17-15-13-11-9-7-2/h9,11,15,17-18,20-21,23-24,26,32,35,56,60H,6-8,10,12-14,16,19,22,25,27-31,33-34,36-55H2,1-5H3/b11-9-,17-15-,20-18-,23-21-,26-24-,35-32-. The van der Waals surface area contributed by atoms with Gasteiger partial charge in [0.25, 0.3) is 0 Å². The summed E-state index contributed by atoms with van der Waals surface area (Å²) in [7, 11) is 5.91. The number of carbonyl (C=O) groups excluding carboxylic acids is 3. The maximum Gasteiger partial charge on any atom is 0.306 e. The summed E-state index contributed by atoms with van der Waals surface area (Å²) in [4.78, 5) is 37.3. The first-order chi connectivity index (χ1) is 33.6. The highest BCUT2D eigenvalue weighted by Gasteiger charge is 2.22. The van der Waals surface area contributed by atoms with Gasteiger partial charge in [-0.25, -0.2) is 0 Å². The van der Waals surface area contributed by atoms with Crippen molar-refractivity contribution in [2.45, 2.75) is 245 Å². The number of nitrogens with zero attached hydrogens (tertiary/aromatic N) is 1. The van der Waals surface area contributed by atoms with Crippen molar-refractivity contribution >= 4 is 17.9 Å². The molecular weight excluding hydrogens is 863 g/mol. The molecule has 9 nitrogen and oxygen atoms in total. The summed E-state index contributed by atoms with van der Waals surface area (Å²) in [6.07, 6.45) is 62.3. The fraction of sp³-hybridized carbons (Fsp3) is 0.750. The lowest BCUT2D eigenvalue weighted by Crippen LogP contribution is -2.44. The van der Waals surface area contributed by atoms with Gasteiger partial charge >= 0.3 is 11.9 Å². The number of carboxylic acid groups (broad SMARTS) is 1. The number of ether oxygens (including phenoxy) is 4. The van der Waals surface area contributed by atoms with E-state index in [1.54, 1.807) is 0 Å². The first kappa shape index (κ1) is 65.7. The summed E-state index contributed by atoms with van der Waals surface area (Å²) >= 11 is 0. The second-order valence-corrected chi connectivity index (χ2v) is 19.8. The van der Waals surface area contributed by atoms with E-state index in [2.05, 4.69) is 86.8 Å². The van der Waals surface area contributed by atoms with Crippen molar-refractivity contribution in [3.05, 3.63) is 72.9 Å². The van der Waals surface area contributed by atoms with E-state index in [9.17, 15) is 19.5 Å². The molecule has 0 radical (unpaired) electrons. The number of quaternary nitrogens is 1. The molecule has 0 heterocycles. The third kappa shape index (κ3) is 52.4. The Morgan fingerprint density at radius 1 is 0.449 bits per heavy atom. The van der Waals surface area contributed by atoms with Crippen LogP contribution in [-0.4, -0.2) is 82.3 Å². The zero-order valence-electron chi connectivity index (χ0n) is 45.2. The maximum absolute atomic E-state index is 12.8. The normalized spacial score (nSPS) is 13.3. The number of rotatable bonds is 51. The fourth-order valence-corrected chi connectivity index (χ4v) is 7.62. The Kier molecular flexibility index (Phi) is 48.7. The number of carbonyl (C=O) groups is 3. The molecule has 0 spiro atoms. The lowest BCUT2D eigenvalue weighted by molar-refractivity contribution is -0.870.